The molecule has 1 aromatic rings. The van der Waals surface area contributed by atoms with Gasteiger partial charge >= 0.3 is 0 Å². The van der Waals surface area contributed by atoms with Gasteiger partial charge in [-0.1, -0.05) is 0 Å². The van der Waals surface area contributed by atoms with Crippen molar-refractivity contribution in [3.05, 3.63) is 23.4 Å². The van der Waals surface area contributed by atoms with Gasteiger partial charge in [0.05, 0.1) is 0 Å². The van der Waals surface area contributed by atoms with Crippen molar-refractivity contribution >= 4 is 12.0 Å². The van der Waals surface area contributed by atoms with Crippen LogP contribution in [-0.4, -0.2) is 11.2 Å². The zero-order chi connectivity index (χ0) is 8.27. The Labute approximate surface area is 64.7 Å². The molecule has 0 saturated heterocycles. The fourth-order valence-electron chi connectivity index (χ4n) is 0.876. The Balaban J connectivity index is 3.24. The normalized spacial score (nSPS) is 9.55. The highest BCUT2D eigenvalue weighted by Gasteiger charge is 2.01. The first-order valence-corrected chi connectivity index (χ1v) is 3.23. The molecule has 0 atom stereocenters. The highest BCUT2D eigenvalue weighted by Crippen LogP contribution is 2.10. The smallest absolute Gasteiger partial charge is 0.132 e. The molecule has 0 aliphatic carbocycles. The van der Waals surface area contributed by atoms with E-state index >= 15 is 0 Å². The Kier molecular flexibility index (Phi) is 2.18. The lowest BCUT2D eigenvalue weighted by atomic mass is 10.1. The summed E-state index contributed by atoms with van der Waals surface area (Å²) in [6.45, 7) is 0.386. The lowest BCUT2D eigenvalue weighted by Gasteiger charge is -2.03. The van der Waals surface area contributed by atoms with E-state index in [4.69, 9.17) is 16.9 Å². The highest BCUT2D eigenvalue weighted by molar-refractivity contribution is 5.85. The molecule has 0 amide bonds. The maximum Gasteiger partial charge on any atom is 0.132 e. The Morgan fingerprint density at radius 2 is 2.36 bits per heavy atom. The van der Waals surface area contributed by atoms with Crippen LogP contribution in [0.5, 0.6) is 0 Å². The van der Waals surface area contributed by atoms with E-state index in [-0.39, 0.29) is 0 Å². The molecular formula is C7H10N4. The molecule has 0 aliphatic heterocycles. The van der Waals surface area contributed by atoms with Crippen molar-refractivity contribution in [2.45, 2.75) is 6.54 Å². The van der Waals surface area contributed by atoms with E-state index in [2.05, 4.69) is 4.98 Å². The topological polar surface area (TPSA) is 88.8 Å². The van der Waals surface area contributed by atoms with Crippen LogP contribution in [0.15, 0.2) is 12.3 Å². The summed E-state index contributed by atoms with van der Waals surface area (Å²) in [5.74, 6) is 0.364. The Morgan fingerprint density at radius 3 is 2.82 bits per heavy atom. The van der Waals surface area contributed by atoms with E-state index < -0.39 is 0 Å². The number of hydrogen-bond donors (Lipinski definition) is 3. The molecule has 0 spiro atoms. The summed E-state index contributed by atoms with van der Waals surface area (Å²) in [7, 11) is 0. The summed E-state index contributed by atoms with van der Waals surface area (Å²) in [5, 5.41) is 7.03. The molecule has 0 saturated carbocycles. The van der Waals surface area contributed by atoms with Crippen molar-refractivity contribution < 1.29 is 0 Å². The third kappa shape index (κ3) is 1.35. The summed E-state index contributed by atoms with van der Waals surface area (Å²) in [4.78, 5) is 3.83. The second-order valence-corrected chi connectivity index (χ2v) is 2.12. The van der Waals surface area contributed by atoms with Crippen LogP contribution in [0, 0.1) is 5.41 Å². The minimum absolute atomic E-state index is 0.364. The average molecular weight is 150 g/mol. The molecule has 0 radical (unpaired) electrons. The third-order valence-corrected chi connectivity index (χ3v) is 1.48. The van der Waals surface area contributed by atoms with Gasteiger partial charge in [-0.25, -0.2) is 4.98 Å². The van der Waals surface area contributed by atoms with Crippen molar-refractivity contribution in [1.82, 2.24) is 4.98 Å². The van der Waals surface area contributed by atoms with Gasteiger partial charge in [-0.15, -0.1) is 0 Å². The number of nitrogens with one attached hydrogen (secondary N) is 1. The summed E-state index contributed by atoms with van der Waals surface area (Å²) >= 11 is 0. The number of nitrogens with two attached hydrogens (primary N) is 2. The molecule has 1 rings (SSSR count). The highest BCUT2D eigenvalue weighted by atomic mass is 14.8. The number of pyridine rings is 1. The third-order valence-electron chi connectivity index (χ3n) is 1.48. The molecule has 1 heterocycles. The van der Waals surface area contributed by atoms with Gasteiger partial charge in [0.25, 0.3) is 0 Å². The Morgan fingerprint density at radius 1 is 1.64 bits per heavy atom. The second kappa shape index (κ2) is 3.12. The predicted molar refractivity (Wildman–Crippen MR) is 44.4 cm³/mol. The number of nitrogen functional groups attached to an aromatic ring is 1. The monoisotopic (exact) mass is 150 g/mol. The van der Waals surface area contributed by atoms with E-state index in [0.717, 1.165) is 5.56 Å². The van der Waals surface area contributed by atoms with Gasteiger partial charge in [0.15, 0.2) is 0 Å². The van der Waals surface area contributed by atoms with Crippen molar-refractivity contribution in [1.29, 1.82) is 5.41 Å². The first kappa shape index (κ1) is 7.68. The van der Waals surface area contributed by atoms with Crippen molar-refractivity contribution in [3.63, 3.8) is 0 Å². The molecule has 0 fully saturated rings. The number of rotatable bonds is 2. The molecule has 11 heavy (non-hydrogen) atoms. The van der Waals surface area contributed by atoms with Crippen LogP contribution in [0.2, 0.25) is 0 Å². The van der Waals surface area contributed by atoms with Gasteiger partial charge in [-0.05, 0) is 11.6 Å². The van der Waals surface area contributed by atoms with E-state index in [9.17, 15) is 0 Å². The molecule has 1 aromatic heterocycles. The van der Waals surface area contributed by atoms with Gasteiger partial charge in [0.2, 0.25) is 0 Å². The van der Waals surface area contributed by atoms with Gasteiger partial charge in [0, 0.05) is 24.5 Å². The van der Waals surface area contributed by atoms with Crippen LogP contribution in [-0.2, 0) is 6.54 Å². The molecule has 4 heteroatoms. The minimum atomic E-state index is 0.364. The second-order valence-electron chi connectivity index (χ2n) is 2.12. The van der Waals surface area contributed by atoms with E-state index in [1.54, 1.807) is 12.3 Å². The Hall–Kier alpha value is -1.42. The van der Waals surface area contributed by atoms with Crippen LogP contribution >= 0.6 is 0 Å². The zero-order valence-corrected chi connectivity index (χ0v) is 6.04. The van der Waals surface area contributed by atoms with Crippen LogP contribution in [0.1, 0.15) is 11.1 Å². The largest absolute Gasteiger partial charge is 0.383 e. The lowest BCUT2D eigenvalue weighted by molar-refractivity contribution is 1.06. The van der Waals surface area contributed by atoms with Crippen LogP contribution < -0.4 is 11.5 Å². The molecular weight excluding hydrogens is 140 g/mol. The first-order chi connectivity index (χ1) is 5.29. The maximum absolute atomic E-state index is 7.03. The fraction of sp³-hybridized carbons (Fsp3) is 0.143. The molecule has 0 unspecified atom stereocenters. The van der Waals surface area contributed by atoms with Crippen molar-refractivity contribution in [2.75, 3.05) is 5.73 Å². The first-order valence-electron chi connectivity index (χ1n) is 3.23. The number of anilines is 1. The summed E-state index contributed by atoms with van der Waals surface area (Å²) in [6.07, 6.45) is 2.76. The minimum Gasteiger partial charge on any atom is -0.383 e. The quantitative estimate of drug-likeness (QED) is 0.523. The number of aromatic nitrogens is 1. The molecule has 5 N–H and O–H groups in total. The van der Waals surface area contributed by atoms with E-state index in [0.29, 0.717) is 17.9 Å². The Bertz CT molecular complexity index is 269. The lowest BCUT2D eigenvalue weighted by Crippen LogP contribution is -2.05. The van der Waals surface area contributed by atoms with Crippen molar-refractivity contribution in [3.8, 4) is 0 Å². The molecule has 4 nitrogen and oxygen atoms in total. The van der Waals surface area contributed by atoms with Crippen LogP contribution in [0.4, 0.5) is 5.82 Å². The average Bonchev–Trinajstić information content (AvgIpc) is 2.04. The summed E-state index contributed by atoms with van der Waals surface area (Å²) in [6, 6.07) is 1.76. The van der Waals surface area contributed by atoms with Crippen LogP contribution in [0.25, 0.3) is 0 Å². The van der Waals surface area contributed by atoms with Gasteiger partial charge in [-0.2, -0.15) is 0 Å². The summed E-state index contributed by atoms with van der Waals surface area (Å²) in [5.41, 5.74) is 12.4. The van der Waals surface area contributed by atoms with E-state index in [1.165, 1.54) is 6.21 Å². The SMILES string of the molecule is N=Cc1c(CN)ccnc1N. The fourth-order valence-corrected chi connectivity index (χ4v) is 0.876. The standard InChI is InChI=1S/C7H10N4/c8-3-5-1-2-11-7(10)6(5)4-9/h1-2,4,9H,3,8H2,(H2,10,11). The van der Waals surface area contributed by atoms with Gasteiger partial charge in [-0.3, -0.25) is 0 Å². The summed E-state index contributed by atoms with van der Waals surface area (Å²) < 4.78 is 0. The number of nitrogens with zero attached hydrogens (tertiary/aromatic N) is 1. The maximum atomic E-state index is 7.03. The van der Waals surface area contributed by atoms with Gasteiger partial charge < -0.3 is 16.9 Å². The molecule has 0 aliphatic rings. The van der Waals surface area contributed by atoms with Crippen molar-refractivity contribution in [2.24, 2.45) is 5.73 Å². The van der Waals surface area contributed by atoms with Gasteiger partial charge in [0.1, 0.15) is 5.82 Å². The number of hydrogen-bond acceptors (Lipinski definition) is 4. The molecule has 58 valence electrons. The molecule has 0 bridgehead atoms. The van der Waals surface area contributed by atoms with E-state index in [1.807, 2.05) is 0 Å². The molecule has 0 aromatic carbocycles. The zero-order valence-electron chi connectivity index (χ0n) is 6.04. The predicted octanol–water partition coefficient (Wildman–Crippen LogP) is 0.120. The van der Waals surface area contributed by atoms with Crippen LogP contribution in [0.3, 0.4) is 0 Å².